The maximum absolute atomic E-state index is 11.8. The predicted molar refractivity (Wildman–Crippen MR) is 68.9 cm³/mol. The van der Waals surface area contributed by atoms with Crippen molar-refractivity contribution in [1.82, 2.24) is 4.90 Å². The van der Waals surface area contributed by atoms with Crippen molar-refractivity contribution in [3.63, 3.8) is 0 Å². The summed E-state index contributed by atoms with van der Waals surface area (Å²) in [6, 6.07) is 4.67. The summed E-state index contributed by atoms with van der Waals surface area (Å²) in [5.41, 5.74) is 0.935. The molecule has 0 bridgehead atoms. The van der Waals surface area contributed by atoms with E-state index in [9.17, 15) is 14.7 Å². The Balaban J connectivity index is 1.93. The van der Waals surface area contributed by atoms with Crippen molar-refractivity contribution < 1.29 is 19.4 Å². The minimum atomic E-state index is -0.672. The van der Waals surface area contributed by atoms with Crippen molar-refractivity contribution >= 4 is 11.9 Å². The normalized spacial score (nSPS) is 14.5. The molecule has 1 heterocycles. The Morgan fingerprint density at radius 1 is 1.32 bits per heavy atom. The number of phenols is 1. The molecule has 1 aromatic carbocycles. The fourth-order valence-corrected chi connectivity index (χ4v) is 2.08. The molecule has 5 heteroatoms. The van der Waals surface area contributed by atoms with Crippen molar-refractivity contribution in [2.45, 2.75) is 19.8 Å². The van der Waals surface area contributed by atoms with Gasteiger partial charge in [0.05, 0.1) is 0 Å². The van der Waals surface area contributed by atoms with Crippen LogP contribution in [0.3, 0.4) is 0 Å². The van der Waals surface area contributed by atoms with E-state index < -0.39 is 5.97 Å². The number of hydrogen-bond acceptors (Lipinski definition) is 4. The number of nitrogens with zero attached hydrogens (tertiary/aromatic N) is 1. The molecule has 0 aliphatic carbocycles. The SMILES string of the molecule is Cc1ccc(O)c(C(=O)OCC(=O)N2CCCC2)c1. The van der Waals surface area contributed by atoms with Gasteiger partial charge in [0.2, 0.25) is 0 Å². The molecule has 0 saturated carbocycles. The first-order chi connectivity index (χ1) is 9.08. The number of carbonyl (C=O) groups excluding carboxylic acids is 2. The third-order valence-corrected chi connectivity index (χ3v) is 3.16. The van der Waals surface area contributed by atoms with Gasteiger partial charge in [-0.05, 0) is 31.9 Å². The van der Waals surface area contributed by atoms with E-state index >= 15 is 0 Å². The van der Waals surface area contributed by atoms with Crippen molar-refractivity contribution in [3.05, 3.63) is 29.3 Å². The van der Waals surface area contributed by atoms with Gasteiger partial charge in [0.25, 0.3) is 5.91 Å². The summed E-state index contributed by atoms with van der Waals surface area (Å²) in [6.45, 7) is 3.00. The molecule has 0 atom stereocenters. The first kappa shape index (κ1) is 13.4. The standard InChI is InChI=1S/C14H17NO4/c1-10-4-5-12(16)11(8-10)14(18)19-9-13(17)15-6-2-3-7-15/h4-5,8,16H,2-3,6-7,9H2,1H3. The average molecular weight is 263 g/mol. The Kier molecular flexibility index (Phi) is 4.04. The molecule has 1 fully saturated rings. The van der Waals surface area contributed by atoms with Crippen LogP contribution in [0.4, 0.5) is 0 Å². The molecule has 0 aromatic heterocycles. The molecule has 1 aliphatic heterocycles. The van der Waals surface area contributed by atoms with E-state index in [1.807, 2.05) is 6.92 Å². The van der Waals surface area contributed by atoms with Gasteiger partial charge in [0.1, 0.15) is 11.3 Å². The van der Waals surface area contributed by atoms with Crippen LogP contribution in [0.2, 0.25) is 0 Å². The predicted octanol–water partition coefficient (Wildman–Crippen LogP) is 1.48. The van der Waals surface area contributed by atoms with Crippen LogP contribution in [-0.2, 0) is 9.53 Å². The zero-order valence-electron chi connectivity index (χ0n) is 10.9. The van der Waals surface area contributed by atoms with Crippen LogP contribution in [0.25, 0.3) is 0 Å². The molecular weight excluding hydrogens is 246 g/mol. The number of phenolic OH excluding ortho intramolecular Hbond substituents is 1. The molecule has 1 aliphatic rings. The Morgan fingerprint density at radius 2 is 2.00 bits per heavy atom. The van der Waals surface area contributed by atoms with Gasteiger partial charge < -0.3 is 14.7 Å². The fourth-order valence-electron chi connectivity index (χ4n) is 2.08. The number of rotatable bonds is 3. The second kappa shape index (κ2) is 5.73. The summed E-state index contributed by atoms with van der Waals surface area (Å²) < 4.78 is 4.95. The third kappa shape index (κ3) is 3.24. The summed E-state index contributed by atoms with van der Waals surface area (Å²) in [7, 11) is 0. The number of aromatic hydroxyl groups is 1. The van der Waals surface area contributed by atoms with Crippen molar-refractivity contribution in [2.24, 2.45) is 0 Å². The van der Waals surface area contributed by atoms with Crippen LogP contribution in [0, 0.1) is 6.92 Å². The van der Waals surface area contributed by atoms with Gasteiger partial charge in [-0.15, -0.1) is 0 Å². The zero-order chi connectivity index (χ0) is 13.8. The van der Waals surface area contributed by atoms with Crippen molar-refractivity contribution in [2.75, 3.05) is 19.7 Å². The molecular formula is C14H17NO4. The van der Waals surface area contributed by atoms with Crippen LogP contribution in [-0.4, -0.2) is 41.6 Å². The lowest BCUT2D eigenvalue weighted by atomic mass is 10.1. The number of carbonyl (C=O) groups is 2. The summed E-state index contributed by atoms with van der Waals surface area (Å²) in [6.07, 6.45) is 2.00. The second-order valence-electron chi connectivity index (χ2n) is 4.68. The maximum Gasteiger partial charge on any atom is 0.342 e. The molecule has 1 amide bonds. The van der Waals surface area contributed by atoms with Crippen LogP contribution in [0.5, 0.6) is 5.75 Å². The lowest BCUT2D eigenvalue weighted by molar-refractivity contribution is -0.133. The van der Waals surface area contributed by atoms with Crippen LogP contribution >= 0.6 is 0 Å². The van der Waals surface area contributed by atoms with Gasteiger partial charge in [-0.1, -0.05) is 11.6 Å². The Bertz CT molecular complexity index is 492. The zero-order valence-corrected chi connectivity index (χ0v) is 10.9. The number of aryl methyl sites for hydroxylation is 1. The smallest absolute Gasteiger partial charge is 0.342 e. The number of ether oxygens (including phenoxy) is 1. The van der Waals surface area contributed by atoms with Gasteiger partial charge in [-0.25, -0.2) is 4.79 Å². The average Bonchev–Trinajstić information content (AvgIpc) is 2.92. The van der Waals surface area contributed by atoms with E-state index in [1.165, 1.54) is 12.1 Å². The lowest BCUT2D eigenvalue weighted by Crippen LogP contribution is -2.32. The van der Waals surface area contributed by atoms with E-state index in [2.05, 4.69) is 0 Å². The topological polar surface area (TPSA) is 66.8 Å². The van der Waals surface area contributed by atoms with Gasteiger partial charge >= 0.3 is 5.97 Å². The fraction of sp³-hybridized carbons (Fsp3) is 0.429. The molecule has 0 radical (unpaired) electrons. The van der Waals surface area contributed by atoms with Crippen molar-refractivity contribution in [1.29, 1.82) is 0 Å². The van der Waals surface area contributed by atoms with E-state index in [4.69, 9.17) is 4.74 Å². The van der Waals surface area contributed by atoms with Gasteiger partial charge in [-0.3, -0.25) is 4.79 Å². The van der Waals surface area contributed by atoms with Gasteiger partial charge in [-0.2, -0.15) is 0 Å². The van der Waals surface area contributed by atoms with Gasteiger partial charge in [0.15, 0.2) is 6.61 Å². The quantitative estimate of drug-likeness (QED) is 0.839. The van der Waals surface area contributed by atoms with Crippen LogP contribution < -0.4 is 0 Å². The van der Waals surface area contributed by atoms with E-state index in [-0.39, 0.29) is 23.8 Å². The monoisotopic (exact) mass is 263 g/mol. The molecule has 1 saturated heterocycles. The molecule has 1 aromatic rings. The van der Waals surface area contributed by atoms with E-state index in [1.54, 1.807) is 11.0 Å². The number of hydrogen-bond donors (Lipinski definition) is 1. The first-order valence-corrected chi connectivity index (χ1v) is 6.32. The summed E-state index contributed by atoms with van der Waals surface area (Å²) in [4.78, 5) is 25.2. The van der Waals surface area contributed by atoms with E-state index in [0.717, 1.165) is 31.5 Å². The highest BCUT2D eigenvalue weighted by Crippen LogP contribution is 2.19. The van der Waals surface area contributed by atoms with Crippen LogP contribution in [0.1, 0.15) is 28.8 Å². The number of esters is 1. The number of benzene rings is 1. The largest absolute Gasteiger partial charge is 0.507 e. The number of amides is 1. The summed E-state index contributed by atoms with van der Waals surface area (Å²) in [5, 5.41) is 9.59. The molecule has 0 spiro atoms. The highest BCUT2D eigenvalue weighted by atomic mass is 16.5. The molecule has 102 valence electrons. The molecule has 2 rings (SSSR count). The van der Waals surface area contributed by atoms with E-state index in [0.29, 0.717) is 0 Å². The Morgan fingerprint density at radius 3 is 2.68 bits per heavy atom. The highest BCUT2D eigenvalue weighted by molar-refractivity contribution is 5.94. The molecule has 19 heavy (non-hydrogen) atoms. The minimum Gasteiger partial charge on any atom is -0.507 e. The maximum atomic E-state index is 11.8. The Hall–Kier alpha value is -2.04. The molecule has 5 nitrogen and oxygen atoms in total. The minimum absolute atomic E-state index is 0.0919. The summed E-state index contributed by atoms with van der Waals surface area (Å²) in [5.74, 6) is -0.990. The summed E-state index contributed by atoms with van der Waals surface area (Å²) >= 11 is 0. The first-order valence-electron chi connectivity index (χ1n) is 6.32. The van der Waals surface area contributed by atoms with Crippen molar-refractivity contribution in [3.8, 4) is 5.75 Å². The number of likely N-dealkylation sites (tertiary alicyclic amines) is 1. The van der Waals surface area contributed by atoms with Crippen LogP contribution in [0.15, 0.2) is 18.2 Å². The molecule has 1 N–H and O–H groups in total. The molecule has 0 unspecified atom stereocenters. The van der Waals surface area contributed by atoms with Gasteiger partial charge in [0, 0.05) is 13.1 Å². The second-order valence-corrected chi connectivity index (χ2v) is 4.68. The Labute approximate surface area is 111 Å². The third-order valence-electron chi connectivity index (χ3n) is 3.16. The lowest BCUT2D eigenvalue weighted by Gasteiger charge is -2.15. The highest BCUT2D eigenvalue weighted by Gasteiger charge is 2.20.